The van der Waals surface area contributed by atoms with Crippen molar-refractivity contribution >= 4 is 8.32 Å². The predicted octanol–water partition coefficient (Wildman–Crippen LogP) is 8.97. The van der Waals surface area contributed by atoms with E-state index in [1.165, 1.54) is 12.8 Å². The van der Waals surface area contributed by atoms with Crippen LogP contribution in [0.3, 0.4) is 0 Å². The van der Waals surface area contributed by atoms with Crippen molar-refractivity contribution in [1.82, 2.24) is 0 Å². The van der Waals surface area contributed by atoms with E-state index in [9.17, 15) is 0 Å². The quantitative estimate of drug-likeness (QED) is 0.144. The van der Waals surface area contributed by atoms with E-state index >= 15 is 0 Å². The molecule has 0 spiro atoms. The SMILES string of the molecule is CCCCC[C@@H](COC(c1ccccc1)(c1ccccc1)c1ccccc1)O[Si](C)(C)C(C)(C)C. The van der Waals surface area contributed by atoms with Crippen LogP contribution in [0, 0.1) is 0 Å². The Bertz CT molecular complexity index is 897. The predicted molar refractivity (Wildman–Crippen MR) is 151 cm³/mol. The molecule has 0 saturated carbocycles. The molecule has 3 aromatic rings. The van der Waals surface area contributed by atoms with E-state index in [0.717, 1.165) is 29.5 Å². The largest absolute Gasteiger partial charge is 0.412 e. The molecule has 35 heavy (non-hydrogen) atoms. The van der Waals surface area contributed by atoms with Gasteiger partial charge in [0.1, 0.15) is 5.60 Å². The maximum Gasteiger partial charge on any atom is 0.192 e. The topological polar surface area (TPSA) is 18.5 Å². The van der Waals surface area contributed by atoms with Crippen LogP contribution in [0.15, 0.2) is 91.0 Å². The summed E-state index contributed by atoms with van der Waals surface area (Å²) in [6.07, 6.45) is 4.68. The highest BCUT2D eigenvalue weighted by Crippen LogP contribution is 2.42. The maximum atomic E-state index is 7.14. The first-order valence-corrected chi connectivity index (χ1v) is 16.1. The van der Waals surface area contributed by atoms with Crippen LogP contribution in [-0.2, 0) is 14.8 Å². The van der Waals surface area contributed by atoms with Crippen molar-refractivity contribution in [3.05, 3.63) is 108 Å². The molecule has 2 nitrogen and oxygen atoms in total. The standard InChI is InChI=1S/C32H44O2Si/c1-7-8-12-25-30(34-35(5,6)31(2,3)4)26-33-32(27-19-13-9-14-20-27,28-21-15-10-16-22-28)29-23-17-11-18-24-29/h9-11,13-24,30H,7-8,12,25-26H2,1-6H3/t30-/m0/s1. The van der Waals surface area contributed by atoms with Crippen LogP contribution in [0.2, 0.25) is 18.1 Å². The van der Waals surface area contributed by atoms with Gasteiger partial charge in [-0.25, -0.2) is 0 Å². The second kappa shape index (κ2) is 12.2. The molecular weight excluding hydrogens is 444 g/mol. The Balaban J connectivity index is 2.04. The number of unbranched alkanes of at least 4 members (excludes halogenated alkanes) is 2. The van der Waals surface area contributed by atoms with Gasteiger partial charge in [-0.3, -0.25) is 0 Å². The smallest absolute Gasteiger partial charge is 0.192 e. The number of hydrogen-bond donors (Lipinski definition) is 0. The zero-order valence-electron chi connectivity index (χ0n) is 22.6. The molecule has 0 bridgehead atoms. The van der Waals surface area contributed by atoms with Crippen LogP contribution in [0.4, 0.5) is 0 Å². The van der Waals surface area contributed by atoms with Crippen LogP contribution in [-0.4, -0.2) is 21.0 Å². The van der Waals surface area contributed by atoms with E-state index in [1.54, 1.807) is 0 Å². The van der Waals surface area contributed by atoms with Crippen LogP contribution >= 0.6 is 0 Å². The molecule has 1 atom stereocenters. The lowest BCUT2D eigenvalue weighted by atomic mass is 9.80. The van der Waals surface area contributed by atoms with Gasteiger partial charge in [0, 0.05) is 0 Å². The molecule has 3 aromatic carbocycles. The Kier molecular flexibility index (Phi) is 9.52. The summed E-state index contributed by atoms with van der Waals surface area (Å²) < 4.78 is 14.1. The first-order chi connectivity index (χ1) is 16.7. The lowest BCUT2D eigenvalue weighted by molar-refractivity contribution is -0.0364. The van der Waals surface area contributed by atoms with Gasteiger partial charge < -0.3 is 9.16 Å². The number of ether oxygens (including phenoxy) is 1. The number of rotatable bonds is 12. The van der Waals surface area contributed by atoms with E-state index in [0.29, 0.717) is 6.61 Å². The lowest BCUT2D eigenvalue weighted by Gasteiger charge is -2.41. The average molecular weight is 489 g/mol. The molecule has 188 valence electrons. The molecule has 0 aromatic heterocycles. The molecule has 0 heterocycles. The normalized spacial score (nSPS) is 13.5. The third kappa shape index (κ3) is 6.72. The van der Waals surface area contributed by atoms with Crippen LogP contribution in [0.1, 0.15) is 70.1 Å². The van der Waals surface area contributed by atoms with Crippen molar-refractivity contribution in [2.45, 2.75) is 83.2 Å². The van der Waals surface area contributed by atoms with Gasteiger partial charge in [-0.15, -0.1) is 0 Å². The zero-order valence-corrected chi connectivity index (χ0v) is 23.6. The second-order valence-corrected chi connectivity index (χ2v) is 15.8. The highest BCUT2D eigenvalue weighted by molar-refractivity contribution is 6.74. The fraction of sp³-hybridized carbons (Fsp3) is 0.438. The molecule has 0 fully saturated rings. The summed E-state index contributed by atoms with van der Waals surface area (Å²) in [6, 6.07) is 31.9. The van der Waals surface area contributed by atoms with E-state index in [-0.39, 0.29) is 11.1 Å². The molecule has 0 N–H and O–H groups in total. The summed E-state index contributed by atoms with van der Waals surface area (Å²) in [5.41, 5.74) is 2.70. The minimum absolute atomic E-state index is 0.0675. The summed E-state index contributed by atoms with van der Waals surface area (Å²) in [5, 5.41) is 0.158. The summed E-state index contributed by atoms with van der Waals surface area (Å²) in [5.74, 6) is 0. The first-order valence-electron chi connectivity index (χ1n) is 13.2. The second-order valence-electron chi connectivity index (χ2n) is 11.1. The van der Waals surface area contributed by atoms with E-state index in [2.05, 4.69) is 132 Å². The average Bonchev–Trinajstić information content (AvgIpc) is 2.85. The highest BCUT2D eigenvalue weighted by atomic mass is 28.4. The van der Waals surface area contributed by atoms with Crippen molar-refractivity contribution in [3.8, 4) is 0 Å². The van der Waals surface area contributed by atoms with Gasteiger partial charge in [-0.2, -0.15) is 0 Å². The van der Waals surface area contributed by atoms with Gasteiger partial charge in [0.05, 0.1) is 12.7 Å². The molecular formula is C32H44O2Si. The molecule has 0 aliphatic rings. The number of benzene rings is 3. The summed E-state index contributed by atoms with van der Waals surface area (Å²) >= 11 is 0. The zero-order chi connectivity index (χ0) is 25.4. The fourth-order valence-corrected chi connectivity index (χ4v) is 5.75. The molecule has 0 saturated heterocycles. The van der Waals surface area contributed by atoms with Gasteiger partial charge in [-0.1, -0.05) is 138 Å². The summed E-state index contributed by atoms with van der Waals surface area (Å²) in [7, 11) is -1.94. The molecule has 3 rings (SSSR count). The minimum atomic E-state index is -1.94. The maximum absolute atomic E-state index is 7.14. The van der Waals surface area contributed by atoms with Crippen LogP contribution < -0.4 is 0 Å². The van der Waals surface area contributed by atoms with Crippen molar-refractivity contribution in [3.63, 3.8) is 0 Å². The molecule has 0 radical (unpaired) electrons. The molecule has 0 amide bonds. The lowest BCUT2D eigenvalue weighted by Crippen LogP contribution is -2.46. The van der Waals surface area contributed by atoms with Gasteiger partial charge in [0.15, 0.2) is 8.32 Å². The molecule has 0 aliphatic heterocycles. The Labute approximate surface area is 214 Å². The molecule has 0 unspecified atom stereocenters. The van der Waals surface area contributed by atoms with Gasteiger partial charge in [-0.05, 0) is 41.2 Å². The van der Waals surface area contributed by atoms with Crippen LogP contribution in [0.25, 0.3) is 0 Å². The third-order valence-corrected chi connectivity index (χ3v) is 12.0. The highest BCUT2D eigenvalue weighted by Gasteiger charge is 2.41. The minimum Gasteiger partial charge on any atom is -0.412 e. The van der Waals surface area contributed by atoms with Gasteiger partial charge in [0.25, 0.3) is 0 Å². The van der Waals surface area contributed by atoms with Crippen molar-refractivity contribution in [2.24, 2.45) is 0 Å². The van der Waals surface area contributed by atoms with Gasteiger partial charge >= 0.3 is 0 Å². The van der Waals surface area contributed by atoms with Crippen molar-refractivity contribution < 1.29 is 9.16 Å². The Morgan fingerprint density at radius 2 is 1.11 bits per heavy atom. The Morgan fingerprint density at radius 3 is 1.49 bits per heavy atom. The first kappa shape index (κ1) is 27.4. The summed E-state index contributed by atoms with van der Waals surface area (Å²) in [4.78, 5) is 0. The Hall–Kier alpha value is -2.20. The molecule has 3 heteroatoms. The van der Waals surface area contributed by atoms with Gasteiger partial charge in [0.2, 0.25) is 0 Å². The van der Waals surface area contributed by atoms with E-state index in [1.807, 2.05) is 0 Å². The van der Waals surface area contributed by atoms with E-state index < -0.39 is 13.9 Å². The third-order valence-electron chi connectivity index (χ3n) is 7.42. The summed E-state index contributed by atoms with van der Waals surface area (Å²) in [6.45, 7) is 14.4. The molecule has 0 aliphatic carbocycles. The van der Waals surface area contributed by atoms with Crippen molar-refractivity contribution in [1.29, 1.82) is 0 Å². The Morgan fingerprint density at radius 1 is 0.686 bits per heavy atom. The number of hydrogen-bond acceptors (Lipinski definition) is 2. The fourth-order valence-electron chi connectivity index (χ4n) is 4.38. The monoisotopic (exact) mass is 488 g/mol. The van der Waals surface area contributed by atoms with Crippen LogP contribution in [0.5, 0.6) is 0 Å². The van der Waals surface area contributed by atoms with Crippen molar-refractivity contribution in [2.75, 3.05) is 6.61 Å². The van der Waals surface area contributed by atoms with E-state index in [4.69, 9.17) is 9.16 Å².